The van der Waals surface area contributed by atoms with Crippen molar-refractivity contribution in [2.75, 3.05) is 0 Å². The summed E-state index contributed by atoms with van der Waals surface area (Å²) in [5.41, 5.74) is 2.48. The van der Waals surface area contributed by atoms with Crippen LogP contribution in [-0.2, 0) is 0 Å². The first kappa shape index (κ1) is 11.1. The average Bonchev–Trinajstić information content (AvgIpc) is 2.36. The van der Waals surface area contributed by atoms with Crippen molar-refractivity contribution in [2.24, 2.45) is 11.8 Å². The maximum atomic E-state index is 9.40. The summed E-state index contributed by atoms with van der Waals surface area (Å²) in [6, 6.07) is 0.0230. The van der Waals surface area contributed by atoms with Crippen LogP contribution >= 0.6 is 11.8 Å². The van der Waals surface area contributed by atoms with Gasteiger partial charge in [0.1, 0.15) is 0 Å². The fraction of sp³-hybridized carbons (Fsp3) is 0.286. The van der Waals surface area contributed by atoms with Crippen molar-refractivity contribution in [1.29, 1.82) is 0 Å². The lowest BCUT2D eigenvalue weighted by molar-refractivity contribution is 0.115. The number of fused-ring (bicyclic) bond motifs is 4. The first-order valence-electron chi connectivity index (χ1n) is 5.89. The predicted molar refractivity (Wildman–Crippen MR) is 71.5 cm³/mol. The van der Waals surface area contributed by atoms with E-state index < -0.39 is 0 Å². The van der Waals surface area contributed by atoms with Crippen molar-refractivity contribution in [2.45, 2.75) is 12.5 Å². The molecule has 3 unspecified atom stereocenters. The first-order chi connectivity index (χ1) is 8.40. The zero-order valence-corrected chi connectivity index (χ0v) is 10.2. The van der Waals surface area contributed by atoms with Gasteiger partial charge < -0.3 is 5.21 Å². The molecule has 3 atom stereocenters. The van der Waals surface area contributed by atoms with E-state index in [4.69, 9.17) is 0 Å². The van der Waals surface area contributed by atoms with E-state index in [9.17, 15) is 5.21 Å². The van der Waals surface area contributed by atoms with Gasteiger partial charge in [0.05, 0.1) is 6.04 Å². The Bertz CT molecular complexity index is 459. The molecule has 0 saturated carbocycles. The second-order valence-corrected chi connectivity index (χ2v) is 5.61. The maximum absolute atomic E-state index is 9.40. The molecular weight excluding hydrogens is 230 g/mol. The monoisotopic (exact) mass is 245 g/mol. The number of rotatable bonds is 1. The number of nitrogens with one attached hydrogen (secondary N) is 1. The number of hydroxylamine groups is 1. The maximum Gasteiger partial charge on any atom is 0.0700 e. The lowest BCUT2D eigenvalue weighted by Crippen LogP contribution is -2.41. The number of thioether (sulfide) groups is 1. The Hall–Kier alpha value is -1.03. The lowest BCUT2D eigenvalue weighted by atomic mass is 9.80. The molecule has 0 aromatic rings. The van der Waals surface area contributed by atoms with Crippen LogP contribution in [0.25, 0.3) is 0 Å². The lowest BCUT2D eigenvalue weighted by Gasteiger charge is -2.39. The molecule has 3 aliphatic rings. The zero-order valence-electron chi connectivity index (χ0n) is 9.41. The van der Waals surface area contributed by atoms with Gasteiger partial charge in [-0.1, -0.05) is 60.4 Å². The summed E-state index contributed by atoms with van der Waals surface area (Å²) >= 11 is 1.79. The van der Waals surface area contributed by atoms with Crippen LogP contribution in [-0.4, -0.2) is 11.2 Å². The average molecular weight is 245 g/mol. The van der Waals surface area contributed by atoms with Gasteiger partial charge in [-0.25, -0.2) is 0 Å². The minimum absolute atomic E-state index is 0.0230. The van der Waals surface area contributed by atoms with E-state index in [2.05, 4.69) is 48.0 Å². The van der Waals surface area contributed by atoms with Gasteiger partial charge in [0.15, 0.2) is 0 Å². The van der Waals surface area contributed by atoms with Gasteiger partial charge in [0.25, 0.3) is 0 Å². The van der Waals surface area contributed by atoms with Crippen molar-refractivity contribution in [3.63, 3.8) is 0 Å². The summed E-state index contributed by atoms with van der Waals surface area (Å²) in [5.74, 6) is 0.822. The molecule has 0 radical (unpaired) electrons. The van der Waals surface area contributed by atoms with Crippen LogP contribution in [0.1, 0.15) is 6.42 Å². The Balaban J connectivity index is 2.05. The van der Waals surface area contributed by atoms with E-state index in [1.165, 1.54) is 9.81 Å². The van der Waals surface area contributed by atoms with Crippen LogP contribution < -0.4 is 5.48 Å². The second-order valence-electron chi connectivity index (χ2n) is 4.46. The number of hydrogen-bond acceptors (Lipinski definition) is 3. The SMILES string of the molecule is ONC1\C2=C/C=C\C=C/C1C1CC=CC=C1S2. The summed E-state index contributed by atoms with van der Waals surface area (Å²) in [6.07, 6.45) is 18.0. The van der Waals surface area contributed by atoms with Gasteiger partial charge in [0, 0.05) is 16.7 Å². The van der Waals surface area contributed by atoms with Gasteiger partial charge in [0.2, 0.25) is 0 Å². The molecule has 2 bridgehead atoms. The summed E-state index contributed by atoms with van der Waals surface area (Å²) in [4.78, 5) is 2.60. The van der Waals surface area contributed by atoms with Gasteiger partial charge in [-0.3, -0.25) is 0 Å². The van der Waals surface area contributed by atoms with Crippen molar-refractivity contribution < 1.29 is 5.21 Å². The summed E-state index contributed by atoms with van der Waals surface area (Å²) in [7, 11) is 0. The van der Waals surface area contributed by atoms with Crippen LogP contribution in [0.5, 0.6) is 0 Å². The molecule has 1 fully saturated rings. The summed E-state index contributed by atoms with van der Waals surface area (Å²) < 4.78 is 0. The third-order valence-electron chi connectivity index (χ3n) is 3.50. The molecule has 0 amide bonds. The van der Waals surface area contributed by atoms with Crippen molar-refractivity contribution in [3.8, 4) is 0 Å². The Kier molecular flexibility index (Phi) is 3.05. The molecule has 1 saturated heterocycles. The smallest absolute Gasteiger partial charge is 0.0700 e. The van der Waals surface area contributed by atoms with E-state index >= 15 is 0 Å². The fourth-order valence-corrected chi connectivity index (χ4v) is 3.95. The highest BCUT2D eigenvalue weighted by molar-refractivity contribution is 8.06. The van der Waals surface area contributed by atoms with E-state index in [0.29, 0.717) is 11.8 Å². The molecule has 0 aromatic carbocycles. The van der Waals surface area contributed by atoms with Crippen molar-refractivity contribution in [1.82, 2.24) is 5.48 Å². The van der Waals surface area contributed by atoms with Gasteiger partial charge >= 0.3 is 0 Å². The Labute approximate surface area is 105 Å². The molecule has 2 N–H and O–H groups in total. The molecule has 1 aliphatic heterocycles. The van der Waals surface area contributed by atoms with E-state index in [1.807, 2.05) is 6.08 Å². The Morgan fingerprint density at radius 1 is 1.12 bits per heavy atom. The van der Waals surface area contributed by atoms with Crippen LogP contribution in [0, 0.1) is 11.8 Å². The third kappa shape index (κ3) is 1.95. The molecule has 88 valence electrons. The number of hydrogen-bond donors (Lipinski definition) is 2. The standard InChI is InChI=1S/C14H15NOS/c16-15-14-11-7-2-1-3-9-13(14)17-12-8-5-4-6-10(11)12/h1-5,7-11,14-16H,6H2/b3-1-,7-2-,13-9+. The Morgan fingerprint density at radius 3 is 2.88 bits per heavy atom. The molecular formula is C14H15NOS. The topological polar surface area (TPSA) is 32.3 Å². The van der Waals surface area contributed by atoms with Crippen molar-refractivity contribution in [3.05, 3.63) is 58.4 Å². The minimum atomic E-state index is 0.0230. The fourth-order valence-electron chi connectivity index (χ4n) is 2.65. The molecule has 3 rings (SSSR count). The highest BCUT2D eigenvalue weighted by Gasteiger charge is 2.38. The zero-order chi connectivity index (χ0) is 11.7. The first-order valence-corrected chi connectivity index (χ1v) is 6.71. The third-order valence-corrected chi connectivity index (χ3v) is 4.80. The molecule has 0 spiro atoms. The highest BCUT2D eigenvalue weighted by Crippen LogP contribution is 2.48. The molecule has 1 heterocycles. The highest BCUT2D eigenvalue weighted by atomic mass is 32.2. The quantitative estimate of drug-likeness (QED) is 0.696. The van der Waals surface area contributed by atoms with Gasteiger partial charge in [-0.05, 0) is 11.3 Å². The van der Waals surface area contributed by atoms with Crippen LogP contribution in [0.2, 0.25) is 0 Å². The Morgan fingerprint density at radius 2 is 2.00 bits per heavy atom. The van der Waals surface area contributed by atoms with Gasteiger partial charge in [-0.2, -0.15) is 5.48 Å². The molecule has 2 aliphatic carbocycles. The van der Waals surface area contributed by atoms with Gasteiger partial charge in [-0.15, -0.1) is 0 Å². The number of allylic oxidation sites excluding steroid dienone is 8. The second kappa shape index (κ2) is 4.69. The largest absolute Gasteiger partial charge is 0.316 e. The van der Waals surface area contributed by atoms with E-state index in [1.54, 1.807) is 11.8 Å². The summed E-state index contributed by atoms with van der Waals surface area (Å²) in [5, 5.41) is 9.40. The van der Waals surface area contributed by atoms with Crippen LogP contribution in [0.3, 0.4) is 0 Å². The molecule has 2 nitrogen and oxygen atoms in total. The van der Waals surface area contributed by atoms with Crippen molar-refractivity contribution >= 4 is 11.8 Å². The normalized spacial score (nSPS) is 41.4. The molecule has 17 heavy (non-hydrogen) atoms. The summed E-state index contributed by atoms with van der Waals surface area (Å²) in [6.45, 7) is 0. The molecule has 0 aromatic heterocycles. The van der Waals surface area contributed by atoms with E-state index in [-0.39, 0.29) is 6.04 Å². The van der Waals surface area contributed by atoms with Crippen LogP contribution in [0.15, 0.2) is 58.4 Å². The predicted octanol–water partition coefficient (Wildman–Crippen LogP) is 3.17. The van der Waals surface area contributed by atoms with Crippen LogP contribution in [0.4, 0.5) is 0 Å². The van der Waals surface area contributed by atoms with E-state index in [0.717, 1.165) is 6.42 Å². The molecule has 3 heteroatoms. The minimum Gasteiger partial charge on any atom is -0.316 e.